The maximum Gasteiger partial charge on any atom is 0.200 e. The fraction of sp³-hybridized carbons (Fsp3) is 0.0526. The van der Waals surface area contributed by atoms with Crippen LogP contribution < -0.4 is 16.4 Å². The summed E-state index contributed by atoms with van der Waals surface area (Å²) in [4.78, 5) is 0. The number of hydrogen-bond acceptors (Lipinski definition) is 7. The molecule has 146 valence electrons. The maximum absolute atomic E-state index is 14.9. The lowest BCUT2D eigenvalue weighted by molar-refractivity contribution is 0.365. The van der Waals surface area contributed by atoms with E-state index < -0.39 is 79.1 Å². The smallest absolute Gasteiger partial charge is 0.200 e. The first kappa shape index (κ1) is 21.1. The van der Waals surface area contributed by atoms with Crippen LogP contribution >= 0.6 is 0 Å². The molecule has 0 saturated carbocycles. The van der Waals surface area contributed by atoms with Gasteiger partial charge in [-0.15, -0.1) is 0 Å². The first-order chi connectivity index (χ1) is 13.9. The number of hydrogen-bond donors (Lipinski definition) is 7. The monoisotopic (exact) mass is 404 g/mol. The summed E-state index contributed by atoms with van der Waals surface area (Å²) < 4.78 is 14.9. The third kappa shape index (κ3) is 2.85. The molecule has 6 radical (unpaired) electrons. The highest BCUT2D eigenvalue weighted by Gasteiger charge is 2.26. The fourth-order valence-electron chi connectivity index (χ4n) is 3.11. The molecule has 0 aliphatic rings. The molecule has 0 bridgehead atoms. The van der Waals surface area contributed by atoms with Gasteiger partial charge in [-0.25, -0.2) is 4.39 Å². The van der Waals surface area contributed by atoms with Gasteiger partial charge in [0.25, 0.3) is 0 Å². The van der Waals surface area contributed by atoms with Crippen LogP contribution in [0.25, 0.3) is 22.3 Å². The SMILES string of the molecule is [B]c1c(O)c([B])c(-c2cc(-c3c(O)c([B])c(O)c(O)c3O)cc(C)c2F)c(O)c1O. The Morgan fingerprint density at radius 1 is 0.600 bits per heavy atom. The lowest BCUT2D eigenvalue weighted by atomic mass is 9.78. The van der Waals surface area contributed by atoms with Gasteiger partial charge >= 0.3 is 0 Å². The highest BCUT2D eigenvalue weighted by atomic mass is 19.1. The summed E-state index contributed by atoms with van der Waals surface area (Å²) in [5, 5.41) is 70.2. The van der Waals surface area contributed by atoms with E-state index in [0.717, 1.165) is 6.07 Å². The average Bonchev–Trinajstić information content (AvgIpc) is 2.71. The average molecular weight is 404 g/mol. The Balaban J connectivity index is 2.44. The highest BCUT2D eigenvalue weighted by Crippen LogP contribution is 2.48. The molecule has 0 heterocycles. The third-order valence-electron chi connectivity index (χ3n) is 4.74. The predicted octanol–water partition coefficient (Wildman–Crippen LogP) is -0.211. The van der Waals surface area contributed by atoms with E-state index in [-0.39, 0.29) is 11.1 Å². The van der Waals surface area contributed by atoms with Crippen LogP contribution in [0.4, 0.5) is 4.39 Å². The number of rotatable bonds is 2. The Labute approximate surface area is 173 Å². The van der Waals surface area contributed by atoms with Crippen molar-refractivity contribution in [1.82, 2.24) is 0 Å². The van der Waals surface area contributed by atoms with Crippen LogP contribution in [-0.2, 0) is 0 Å². The maximum atomic E-state index is 14.9. The number of aryl methyl sites for hydroxylation is 1. The van der Waals surface area contributed by atoms with Crippen LogP contribution in [0.2, 0.25) is 0 Å². The van der Waals surface area contributed by atoms with E-state index in [0.29, 0.717) is 0 Å². The number of benzene rings is 3. The molecule has 0 amide bonds. The Kier molecular flexibility index (Phi) is 4.93. The van der Waals surface area contributed by atoms with E-state index in [1.807, 2.05) is 0 Å². The van der Waals surface area contributed by atoms with E-state index in [1.165, 1.54) is 13.0 Å². The molecule has 0 aromatic heterocycles. The molecule has 3 aromatic rings. The van der Waals surface area contributed by atoms with Crippen LogP contribution in [0.1, 0.15) is 5.56 Å². The quantitative estimate of drug-likeness (QED) is 0.178. The lowest BCUT2D eigenvalue weighted by Crippen LogP contribution is -2.18. The molecule has 7 nitrogen and oxygen atoms in total. The van der Waals surface area contributed by atoms with E-state index in [2.05, 4.69) is 0 Å². The second-order valence-corrected chi connectivity index (χ2v) is 6.59. The molecular weight excluding hydrogens is 392 g/mol. The Bertz CT molecular complexity index is 1170. The largest absolute Gasteiger partial charge is 0.509 e. The molecule has 30 heavy (non-hydrogen) atoms. The van der Waals surface area contributed by atoms with Crippen LogP contribution in [-0.4, -0.2) is 59.3 Å². The van der Waals surface area contributed by atoms with Gasteiger partial charge in [0, 0.05) is 11.1 Å². The zero-order valence-electron chi connectivity index (χ0n) is 15.4. The van der Waals surface area contributed by atoms with Crippen molar-refractivity contribution >= 4 is 39.9 Å². The van der Waals surface area contributed by atoms with Crippen molar-refractivity contribution in [1.29, 1.82) is 0 Å². The summed E-state index contributed by atoms with van der Waals surface area (Å²) in [6.45, 7) is 1.31. The summed E-state index contributed by atoms with van der Waals surface area (Å²) in [5.74, 6) is -7.29. The summed E-state index contributed by atoms with van der Waals surface area (Å²) in [6.07, 6.45) is 0. The molecule has 11 heteroatoms. The molecule has 7 N–H and O–H groups in total. The molecule has 0 saturated heterocycles. The minimum absolute atomic E-state index is 0.0676. The number of aromatic hydroxyl groups is 7. The molecule has 0 fully saturated rings. The number of phenolic OH excluding ortho intramolecular Hbond substituents is 7. The minimum Gasteiger partial charge on any atom is -0.509 e. The summed E-state index contributed by atoms with van der Waals surface area (Å²) in [6, 6.07) is 2.18. The highest BCUT2D eigenvalue weighted by molar-refractivity contribution is 6.45. The van der Waals surface area contributed by atoms with Crippen molar-refractivity contribution in [3.63, 3.8) is 0 Å². The first-order valence-electron chi connectivity index (χ1n) is 8.27. The van der Waals surface area contributed by atoms with Gasteiger partial charge < -0.3 is 35.7 Å². The van der Waals surface area contributed by atoms with Gasteiger partial charge in [0.15, 0.2) is 23.0 Å². The van der Waals surface area contributed by atoms with E-state index in [1.54, 1.807) is 0 Å². The van der Waals surface area contributed by atoms with Gasteiger partial charge in [-0.2, -0.15) is 0 Å². The molecule has 0 aliphatic heterocycles. The van der Waals surface area contributed by atoms with Gasteiger partial charge in [-0.1, -0.05) is 0 Å². The van der Waals surface area contributed by atoms with Crippen molar-refractivity contribution in [2.75, 3.05) is 0 Å². The molecule has 3 aromatic carbocycles. The molecular formula is C19H12B3FO7. The van der Waals surface area contributed by atoms with Crippen molar-refractivity contribution in [3.8, 4) is 62.5 Å². The van der Waals surface area contributed by atoms with Crippen molar-refractivity contribution in [2.24, 2.45) is 0 Å². The summed E-state index contributed by atoms with van der Waals surface area (Å²) in [5.41, 5.74) is -3.36. The Hall–Kier alpha value is -3.62. The van der Waals surface area contributed by atoms with E-state index >= 15 is 0 Å². The molecule has 3 rings (SSSR count). The third-order valence-corrected chi connectivity index (χ3v) is 4.74. The van der Waals surface area contributed by atoms with E-state index in [4.69, 9.17) is 23.5 Å². The molecule has 0 atom stereocenters. The topological polar surface area (TPSA) is 142 Å². The zero-order valence-corrected chi connectivity index (χ0v) is 15.4. The van der Waals surface area contributed by atoms with Crippen LogP contribution in [0.3, 0.4) is 0 Å². The van der Waals surface area contributed by atoms with Crippen LogP contribution in [0.5, 0.6) is 40.2 Å². The fourth-order valence-corrected chi connectivity index (χ4v) is 3.11. The number of halogens is 1. The first-order valence-corrected chi connectivity index (χ1v) is 8.27. The normalized spacial score (nSPS) is 11.0. The van der Waals surface area contributed by atoms with Gasteiger partial charge in [-0.05, 0) is 46.6 Å². The standard InChI is InChI=1S/C19H12B3FO7/c1-4-2-5(7-13(24)10(21)18(29)19(30)14(7)25)3-6(12(4)23)8-9(20)16(27)11(22)17(28)15(8)26/h2-3,24-30H,1H3. The lowest BCUT2D eigenvalue weighted by Gasteiger charge is -2.19. The zero-order chi connectivity index (χ0) is 22.7. The summed E-state index contributed by atoms with van der Waals surface area (Å²) >= 11 is 0. The van der Waals surface area contributed by atoms with Crippen molar-refractivity contribution < 1.29 is 40.1 Å². The second kappa shape index (κ2) is 7.02. The molecule has 0 spiro atoms. The minimum atomic E-state index is -1.02. The van der Waals surface area contributed by atoms with Crippen molar-refractivity contribution in [3.05, 3.63) is 23.5 Å². The van der Waals surface area contributed by atoms with Gasteiger partial charge in [0.1, 0.15) is 40.9 Å². The van der Waals surface area contributed by atoms with E-state index in [9.17, 15) is 40.1 Å². The molecule has 0 unspecified atom stereocenters. The predicted molar refractivity (Wildman–Crippen MR) is 110 cm³/mol. The summed E-state index contributed by atoms with van der Waals surface area (Å²) in [7, 11) is 16.7. The van der Waals surface area contributed by atoms with Gasteiger partial charge in [-0.3, -0.25) is 0 Å². The molecule has 0 aliphatic carbocycles. The van der Waals surface area contributed by atoms with Gasteiger partial charge in [0.05, 0.1) is 5.56 Å². The van der Waals surface area contributed by atoms with Crippen LogP contribution in [0.15, 0.2) is 12.1 Å². The second-order valence-electron chi connectivity index (χ2n) is 6.59. The number of phenols is 7. The van der Waals surface area contributed by atoms with Crippen LogP contribution in [0, 0.1) is 12.7 Å². The van der Waals surface area contributed by atoms with Gasteiger partial charge in [0.2, 0.25) is 5.75 Å². The Morgan fingerprint density at radius 3 is 1.70 bits per heavy atom. The Morgan fingerprint density at radius 2 is 1.10 bits per heavy atom. The van der Waals surface area contributed by atoms with Crippen molar-refractivity contribution in [2.45, 2.75) is 6.92 Å².